The van der Waals surface area contributed by atoms with E-state index in [4.69, 9.17) is 4.74 Å². The van der Waals surface area contributed by atoms with Crippen LogP contribution in [0.2, 0.25) is 0 Å². The van der Waals surface area contributed by atoms with Crippen molar-refractivity contribution in [1.29, 1.82) is 0 Å². The summed E-state index contributed by atoms with van der Waals surface area (Å²) >= 11 is 0. The van der Waals surface area contributed by atoms with Gasteiger partial charge in [-0.25, -0.2) is 0 Å². The van der Waals surface area contributed by atoms with Crippen LogP contribution in [0.4, 0.5) is 5.69 Å². The molecule has 0 amide bonds. The van der Waals surface area contributed by atoms with Crippen molar-refractivity contribution in [3.63, 3.8) is 0 Å². The van der Waals surface area contributed by atoms with Crippen LogP contribution in [0.3, 0.4) is 0 Å². The van der Waals surface area contributed by atoms with Gasteiger partial charge in [-0.2, -0.15) is 0 Å². The Morgan fingerprint density at radius 1 is 1.11 bits per heavy atom. The zero-order valence-electron chi connectivity index (χ0n) is 12.7. The zero-order chi connectivity index (χ0) is 14.0. The van der Waals surface area contributed by atoms with Crippen molar-refractivity contribution in [3.05, 3.63) is 35.9 Å². The molecule has 0 fully saturated rings. The number of hydrogen-bond donors (Lipinski definition) is 0. The summed E-state index contributed by atoms with van der Waals surface area (Å²) in [5.41, 5.74) is 2.70. The SMILES string of the molecule is CC1=CC(C)C(Oc2ccc(N(C)C)cc2)CC1C. The van der Waals surface area contributed by atoms with Crippen LogP contribution in [0.15, 0.2) is 35.9 Å². The highest BCUT2D eigenvalue weighted by molar-refractivity contribution is 5.47. The number of hydrogen-bond acceptors (Lipinski definition) is 2. The monoisotopic (exact) mass is 259 g/mol. The van der Waals surface area contributed by atoms with Crippen LogP contribution in [0, 0.1) is 11.8 Å². The van der Waals surface area contributed by atoms with E-state index in [1.165, 1.54) is 11.3 Å². The standard InChI is InChI=1S/C17H25NO/c1-12-10-14(3)17(11-13(12)2)19-16-8-6-15(7-9-16)18(4)5/h6-10,13-14,17H,11H2,1-5H3. The van der Waals surface area contributed by atoms with Gasteiger partial charge < -0.3 is 9.64 Å². The fraction of sp³-hybridized carbons (Fsp3) is 0.529. The summed E-state index contributed by atoms with van der Waals surface area (Å²) in [4.78, 5) is 2.10. The lowest BCUT2D eigenvalue weighted by Crippen LogP contribution is -2.30. The van der Waals surface area contributed by atoms with Crippen molar-refractivity contribution < 1.29 is 4.74 Å². The number of allylic oxidation sites excluding steroid dienone is 1. The van der Waals surface area contributed by atoms with E-state index in [-0.39, 0.29) is 0 Å². The molecule has 3 unspecified atom stereocenters. The molecule has 0 aliphatic heterocycles. The first kappa shape index (κ1) is 14.0. The van der Waals surface area contributed by atoms with Gasteiger partial charge in [0, 0.05) is 25.7 Å². The lowest BCUT2D eigenvalue weighted by molar-refractivity contribution is 0.132. The second-order valence-corrected chi connectivity index (χ2v) is 5.95. The summed E-state index contributed by atoms with van der Waals surface area (Å²) in [6, 6.07) is 8.34. The fourth-order valence-corrected chi connectivity index (χ4v) is 2.59. The number of ether oxygens (including phenoxy) is 1. The molecule has 2 nitrogen and oxygen atoms in total. The van der Waals surface area contributed by atoms with E-state index >= 15 is 0 Å². The van der Waals surface area contributed by atoms with Gasteiger partial charge in [0.25, 0.3) is 0 Å². The van der Waals surface area contributed by atoms with Crippen LogP contribution in [-0.4, -0.2) is 20.2 Å². The Labute approximate surface area is 117 Å². The van der Waals surface area contributed by atoms with Crippen LogP contribution >= 0.6 is 0 Å². The maximum atomic E-state index is 6.16. The van der Waals surface area contributed by atoms with Crippen molar-refractivity contribution >= 4 is 5.69 Å². The number of nitrogens with zero attached hydrogens (tertiary/aromatic N) is 1. The second-order valence-electron chi connectivity index (χ2n) is 5.95. The third-order valence-electron chi connectivity index (χ3n) is 4.12. The molecule has 0 saturated carbocycles. The Bertz CT molecular complexity index is 447. The van der Waals surface area contributed by atoms with Crippen molar-refractivity contribution in [2.75, 3.05) is 19.0 Å². The Hall–Kier alpha value is -1.44. The van der Waals surface area contributed by atoms with Gasteiger partial charge in [0.1, 0.15) is 11.9 Å². The summed E-state index contributed by atoms with van der Waals surface area (Å²) < 4.78 is 6.16. The number of anilines is 1. The third-order valence-corrected chi connectivity index (χ3v) is 4.12. The molecule has 3 atom stereocenters. The van der Waals surface area contributed by atoms with Gasteiger partial charge in [-0.15, -0.1) is 0 Å². The van der Waals surface area contributed by atoms with Crippen molar-refractivity contribution in [3.8, 4) is 5.75 Å². The smallest absolute Gasteiger partial charge is 0.119 e. The van der Waals surface area contributed by atoms with E-state index in [1.807, 2.05) is 14.1 Å². The predicted octanol–water partition coefficient (Wildman–Crippen LogP) is 4.12. The first-order chi connectivity index (χ1) is 8.97. The van der Waals surface area contributed by atoms with E-state index in [9.17, 15) is 0 Å². The van der Waals surface area contributed by atoms with Crippen LogP contribution in [-0.2, 0) is 0 Å². The lowest BCUT2D eigenvalue weighted by atomic mass is 9.83. The summed E-state index contributed by atoms with van der Waals surface area (Å²) in [6.45, 7) is 6.75. The van der Waals surface area contributed by atoms with Crippen LogP contribution in [0.25, 0.3) is 0 Å². The molecule has 1 aromatic carbocycles. The summed E-state index contributed by atoms with van der Waals surface area (Å²) in [5, 5.41) is 0. The van der Waals surface area contributed by atoms with Gasteiger partial charge in [0.2, 0.25) is 0 Å². The molecule has 0 saturated heterocycles. The van der Waals surface area contributed by atoms with Crippen molar-refractivity contribution in [2.24, 2.45) is 11.8 Å². The average Bonchev–Trinajstić information content (AvgIpc) is 2.36. The molecule has 0 spiro atoms. The molecular formula is C17H25NO. The van der Waals surface area contributed by atoms with E-state index in [0.717, 1.165) is 12.2 Å². The molecule has 104 valence electrons. The van der Waals surface area contributed by atoms with E-state index in [0.29, 0.717) is 17.9 Å². The summed E-state index contributed by atoms with van der Waals surface area (Å²) in [7, 11) is 4.10. The van der Waals surface area contributed by atoms with Crippen LogP contribution in [0.5, 0.6) is 5.75 Å². The minimum Gasteiger partial charge on any atom is -0.490 e. The maximum Gasteiger partial charge on any atom is 0.119 e. The van der Waals surface area contributed by atoms with Crippen LogP contribution < -0.4 is 9.64 Å². The molecule has 19 heavy (non-hydrogen) atoms. The molecule has 0 heterocycles. The van der Waals surface area contributed by atoms with Gasteiger partial charge in [-0.05, 0) is 43.5 Å². The quantitative estimate of drug-likeness (QED) is 0.757. The molecule has 0 N–H and O–H groups in total. The Morgan fingerprint density at radius 3 is 2.32 bits per heavy atom. The summed E-state index contributed by atoms with van der Waals surface area (Å²) in [5.74, 6) is 2.09. The highest BCUT2D eigenvalue weighted by Crippen LogP contribution is 2.31. The molecule has 2 heteroatoms. The topological polar surface area (TPSA) is 12.5 Å². The molecule has 0 radical (unpaired) electrons. The molecular weight excluding hydrogens is 234 g/mol. The third kappa shape index (κ3) is 3.31. The fourth-order valence-electron chi connectivity index (χ4n) is 2.59. The molecule has 2 rings (SSSR count). The first-order valence-corrected chi connectivity index (χ1v) is 7.09. The van der Waals surface area contributed by atoms with Gasteiger partial charge in [0.05, 0.1) is 0 Å². The Balaban J connectivity index is 2.05. The number of benzene rings is 1. The maximum absolute atomic E-state index is 6.16. The van der Waals surface area contributed by atoms with Gasteiger partial charge in [-0.3, -0.25) is 0 Å². The molecule has 0 aromatic heterocycles. The minimum atomic E-state index is 0.295. The predicted molar refractivity (Wildman–Crippen MR) is 81.9 cm³/mol. The van der Waals surface area contributed by atoms with Gasteiger partial charge in [-0.1, -0.05) is 25.5 Å². The lowest BCUT2D eigenvalue weighted by Gasteiger charge is -2.31. The first-order valence-electron chi connectivity index (χ1n) is 7.09. The van der Waals surface area contributed by atoms with Gasteiger partial charge >= 0.3 is 0 Å². The highest BCUT2D eigenvalue weighted by atomic mass is 16.5. The van der Waals surface area contributed by atoms with Crippen molar-refractivity contribution in [1.82, 2.24) is 0 Å². The average molecular weight is 259 g/mol. The summed E-state index contributed by atoms with van der Waals surface area (Å²) in [6.07, 6.45) is 3.76. The Morgan fingerprint density at radius 2 is 1.74 bits per heavy atom. The largest absolute Gasteiger partial charge is 0.490 e. The molecule has 1 aromatic rings. The van der Waals surface area contributed by atoms with Gasteiger partial charge in [0.15, 0.2) is 0 Å². The second kappa shape index (κ2) is 5.68. The minimum absolute atomic E-state index is 0.295. The van der Waals surface area contributed by atoms with E-state index < -0.39 is 0 Å². The number of rotatable bonds is 3. The Kier molecular flexibility index (Phi) is 4.18. The molecule has 1 aliphatic rings. The van der Waals surface area contributed by atoms with E-state index in [2.05, 4.69) is 56.0 Å². The van der Waals surface area contributed by atoms with Crippen LogP contribution in [0.1, 0.15) is 27.2 Å². The van der Waals surface area contributed by atoms with E-state index in [1.54, 1.807) is 0 Å². The normalized spacial score (nSPS) is 26.8. The zero-order valence-corrected chi connectivity index (χ0v) is 12.7. The van der Waals surface area contributed by atoms with Crippen molar-refractivity contribution in [2.45, 2.75) is 33.3 Å². The highest BCUT2D eigenvalue weighted by Gasteiger charge is 2.26. The molecule has 1 aliphatic carbocycles. The molecule has 0 bridgehead atoms.